The zero-order valence-corrected chi connectivity index (χ0v) is 10.3. The van der Waals surface area contributed by atoms with E-state index in [-0.39, 0.29) is 0 Å². The molecule has 0 amide bonds. The summed E-state index contributed by atoms with van der Waals surface area (Å²) in [6.45, 7) is 1.84. The SMILES string of the molecule is COc1ccccc1Nc1nc(=S)[nH]nc1C. The van der Waals surface area contributed by atoms with Crippen molar-refractivity contribution in [1.29, 1.82) is 0 Å². The number of anilines is 2. The van der Waals surface area contributed by atoms with Gasteiger partial charge in [0.1, 0.15) is 11.4 Å². The van der Waals surface area contributed by atoms with Crippen LogP contribution in [0.2, 0.25) is 0 Å². The molecule has 0 aliphatic carbocycles. The van der Waals surface area contributed by atoms with Gasteiger partial charge >= 0.3 is 0 Å². The first kappa shape index (κ1) is 11.5. The smallest absolute Gasteiger partial charge is 0.215 e. The Morgan fingerprint density at radius 2 is 2.12 bits per heavy atom. The van der Waals surface area contributed by atoms with Crippen molar-refractivity contribution >= 4 is 23.7 Å². The molecule has 1 aromatic heterocycles. The summed E-state index contributed by atoms with van der Waals surface area (Å²) in [5, 5.41) is 9.82. The summed E-state index contributed by atoms with van der Waals surface area (Å²) < 4.78 is 5.58. The summed E-state index contributed by atoms with van der Waals surface area (Å²) in [6.07, 6.45) is 0. The largest absolute Gasteiger partial charge is 0.495 e. The van der Waals surface area contributed by atoms with Gasteiger partial charge in [-0.15, -0.1) is 0 Å². The molecule has 1 heterocycles. The number of ether oxygens (including phenoxy) is 1. The molecular formula is C11H12N4OS. The van der Waals surface area contributed by atoms with Crippen LogP contribution in [-0.4, -0.2) is 22.3 Å². The van der Waals surface area contributed by atoms with Crippen LogP contribution in [0.4, 0.5) is 11.5 Å². The van der Waals surface area contributed by atoms with Gasteiger partial charge in [0.2, 0.25) is 4.77 Å². The molecular weight excluding hydrogens is 236 g/mol. The van der Waals surface area contributed by atoms with Crippen molar-refractivity contribution in [2.75, 3.05) is 12.4 Å². The number of benzene rings is 1. The Labute approximate surface area is 104 Å². The van der Waals surface area contributed by atoms with Crippen molar-refractivity contribution in [3.8, 4) is 5.75 Å². The van der Waals surface area contributed by atoms with E-state index < -0.39 is 0 Å². The molecule has 0 unspecified atom stereocenters. The number of hydrogen-bond donors (Lipinski definition) is 2. The number of nitrogens with one attached hydrogen (secondary N) is 2. The van der Waals surface area contributed by atoms with Crippen molar-refractivity contribution in [3.63, 3.8) is 0 Å². The molecule has 88 valence electrons. The van der Waals surface area contributed by atoms with Gasteiger partial charge < -0.3 is 10.1 Å². The van der Waals surface area contributed by atoms with E-state index in [0.717, 1.165) is 17.1 Å². The highest BCUT2D eigenvalue weighted by atomic mass is 32.1. The lowest BCUT2D eigenvalue weighted by molar-refractivity contribution is 0.417. The summed E-state index contributed by atoms with van der Waals surface area (Å²) in [5.41, 5.74) is 1.57. The Kier molecular flexibility index (Phi) is 3.34. The molecule has 0 atom stereocenters. The van der Waals surface area contributed by atoms with Crippen LogP contribution in [0.1, 0.15) is 5.69 Å². The van der Waals surface area contributed by atoms with Crippen molar-refractivity contribution in [3.05, 3.63) is 34.7 Å². The predicted octanol–water partition coefficient (Wildman–Crippen LogP) is 2.59. The number of methoxy groups -OCH3 is 1. The molecule has 2 aromatic rings. The molecule has 0 spiro atoms. The molecule has 6 heteroatoms. The second-order valence-corrected chi connectivity index (χ2v) is 3.79. The van der Waals surface area contributed by atoms with Gasteiger partial charge in [-0.2, -0.15) is 10.1 Å². The van der Waals surface area contributed by atoms with E-state index in [4.69, 9.17) is 17.0 Å². The van der Waals surface area contributed by atoms with Crippen molar-refractivity contribution < 1.29 is 4.74 Å². The molecule has 5 nitrogen and oxygen atoms in total. The van der Waals surface area contributed by atoms with E-state index in [0.29, 0.717) is 10.6 Å². The van der Waals surface area contributed by atoms with Crippen LogP contribution in [0.3, 0.4) is 0 Å². The fourth-order valence-electron chi connectivity index (χ4n) is 1.39. The third kappa shape index (κ3) is 2.59. The molecule has 0 saturated carbocycles. The number of hydrogen-bond acceptors (Lipinski definition) is 5. The lowest BCUT2D eigenvalue weighted by Crippen LogP contribution is -2.02. The minimum atomic E-state index is 0.341. The monoisotopic (exact) mass is 248 g/mol. The Bertz CT molecular complexity index is 582. The standard InChI is InChI=1S/C11H12N4OS/c1-7-10(13-11(17)15-14-7)12-8-5-3-4-6-9(8)16-2/h3-6H,1-2H3,(H2,12,13,15,17). The van der Waals surface area contributed by atoms with Crippen molar-refractivity contribution in [2.45, 2.75) is 6.92 Å². The lowest BCUT2D eigenvalue weighted by atomic mass is 10.3. The number of aromatic nitrogens is 3. The highest BCUT2D eigenvalue weighted by Gasteiger charge is 2.05. The molecule has 0 aliphatic rings. The summed E-state index contributed by atoms with van der Waals surface area (Å²) in [5.74, 6) is 1.37. The van der Waals surface area contributed by atoms with Gasteiger partial charge in [-0.05, 0) is 31.3 Å². The van der Waals surface area contributed by atoms with Crippen molar-refractivity contribution in [1.82, 2.24) is 15.2 Å². The van der Waals surface area contributed by atoms with Gasteiger partial charge in [-0.1, -0.05) is 12.1 Å². The maximum atomic E-state index is 5.24. The maximum Gasteiger partial charge on any atom is 0.215 e. The number of para-hydroxylation sites is 2. The van der Waals surface area contributed by atoms with Crippen LogP contribution < -0.4 is 10.1 Å². The molecule has 17 heavy (non-hydrogen) atoms. The molecule has 0 bridgehead atoms. The maximum absolute atomic E-state index is 5.24. The highest BCUT2D eigenvalue weighted by molar-refractivity contribution is 7.71. The van der Waals surface area contributed by atoms with Crippen LogP contribution in [0.25, 0.3) is 0 Å². The Morgan fingerprint density at radius 3 is 2.88 bits per heavy atom. The average molecular weight is 248 g/mol. The highest BCUT2D eigenvalue weighted by Crippen LogP contribution is 2.26. The van der Waals surface area contributed by atoms with Crippen LogP contribution >= 0.6 is 12.2 Å². The van der Waals surface area contributed by atoms with Crippen LogP contribution in [0.15, 0.2) is 24.3 Å². The quantitative estimate of drug-likeness (QED) is 0.817. The second-order valence-electron chi connectivity index (χ2n) is 3.40. The molecule has 0 aliphatic heterocycles. The number of rotatable bonds is 3. The minimum Gasteiger partial charge on any atom is -0.495 e. The second kappa shape index (κ2) is 4.92. The molecule has 1 aromatic carbocycles. The number of aryl methyl sites for hydroxylation is 1. The summed E-state index contributed by atoms with van der Waals surface area (Å²) >= 11 is 4.94. The van der Waals surface area contributed by atoms with Crippen LogP contribution in [0, 0.1) is 11.7 Å². The van der Waals surface area contributed by atoms with Gasteiger partial charge in [-0.3, -0.25) is 5.10 Å². The first-order chi connectivity index (χ1) is 8.20. The van der Waals surface area contributed by atoms with E-state index in [1.165, 1.54) is 0 Å². The molecule has 0 fully saturated rings. The fraction of sp³-hybridized carbons (Fsp3) is 0.182. The zero-order valence-electron chi connectivity index (χ0n) is 9.52. The first-order valence-electron chi connectivity index (χ1n) is 5.04. The number of H-pyrrole nitrogens is 1. The van der Waals surface area contributed by atoms with Gasteiger partial charge in [0.05, 0.1) is 12.8 Å². The summed E-state index contributed by atoms with van der Waals surface area (Å²) in [7, 11) is 1.62. The van der Waals surface area contributed by atoms with Crippen LogP contribution in [0.5, 0.6) is 5.75 Å². The Balaban J connectivity index is 2.37. The minimum absolute atomic E-state index is 0.341. The molecule has 2 N–H and O–H groups in total. The third-order valence-electron chi connectivity index (χ3n) is 2.24. The fourth-order valence-corrected chi connectivity index (χ4v) is 1.52. The Hall–Kier alpha value is -1.95. The van der Waals surface area contributed by atoms with Crippen LogP contribution in [-0.2, 0) is 0 Å². The molecule has 0 radical (unpaired) electrons. The van der Waals surface area contributed by atoms with Crippen molar-refractivity contribution in [2.24, 2.45) is 0 Å². The molecule has 0 saturated heterocycles. The first-order valence-corrected chi connectivity index (χ1v) is 5.45. The van der Waals surface area contributed by atoms with E-state index >= 15 is 0 Å². The van der Waals surface area contributed by atoms with E-state index in [2.05, 4.69) is 20.5 Å². The summed E-state index contributed by atoms with van der Waals surface area (Å²) in [4.78, 5) is 4.17. The lowest BCUT2D eigenvalue weighted by Gasteiger charge is -2.10. The third-order valence-corrected chi connectivity index (χ3v) is 2.42. The predicted molar refractivity (Wildman–Crippen MR) is 68.2 cm³/mol. The Morgan fingerprint density at radius 1 is 1.35 bits per heavy atom. The number of nitrogens with zero attached hydrogens (tertiary/aromatic N) is 2. The average Bonchev–Trinajstić information content (AvgIpc) is 2.34. The normalized spacial score (nSPS) is 10.0. The summed E-state index contributed by atoms with van der Waals surface area (Å²) in [6, 6.07) is 7.59. The van der Waals surface area contributed by atoms with E-state index in [1.807, 2.05) is 31.2 Å². The van der Waals surface area contributed by atoms with Gasteiger partial charge in [0.25, 0.3) is 0 Å². The van der Waals surface area contributed by atoms with E-state index in [1.54, 1.807) is 7.11 Å². The number of aromatic amines is 1. The molecule has 2 rings (SSSR count). The van der Waals surface area contributed by atoms with Gasteiger partial charge in [-0.25, -0.2) is 0 Å². The van der Waals surface area contributed by atoms with Gasteiger partial charge in [0.15, 0.2) is 5.82 Å². The zero-order chi connectivity index (χ0) is 12.3. The van der Waals surface area contributed by atoms with E-state index in [9.17, 15) is 0 Å². The topological polar surface area (TPSA) is 62.8 Å². The van der Waals surface area contributed by atoms with Gasteiger partial charge in [0, 0.05) is 0 Å².